The lowest BCUT2D eigenvalue weighted by molar-refractivity contribution is 1.02. The molecule has 5 heteroatoms. The zero-order chi connectivity index (χ0) is 20.0. The van der Waals surface area contributed by atoms with Gasteiger partial charge >= 0.3 is 0 Å². The molecule has 0 fully saturated rings. The van der Waals surface area contributed by atoms with E-state index in [1.54, 1.807) is 4.57 Å². The number of para-hydroxylation sites is 3. The Kier molecular flexibility index (Phi) is 3.62. The van der Waals surface area contributed by atoms with E-state index < -0.39 is 0 Å². The summed E-state index contributed by atoms with van der Waals surface area (Å²) in [4.78, 5) is 0. The molecule has 136 valence electrons. The molecule has 0 spiro atoms. The number of aromatic nitrogens is 2. The summed E-state index contributed by atoms with van der Waals surface area (Å²) in [7, 11) is 0. The van der Waals surface area contributed by atoms with Crippen LogP contribution in [-0.4, -0.2) is 9.13 Å². The fraction of sp³-hybridized carbons (Fsp3) is 0. The van der Waals surface area contributed by atoms with Gasteiger partial charge in [-0.3, -0.25) is 4.57 Å². The zero-order valence-corrected chi connectivity index (χ0v) is 15.4. The number of nitrogen functional groups attached to an aromatic ring is 1. The molecule has 2 N–H and O–H groups in total. The highest BCUT2D eigenvalue weighted by Crippen LogP contribution is 2.38. The summed E-state index contributed by atoms with van der Waals surface area (Å²) >= 11 is 0. The van der Waals surface area contributed by atoms with E-state index in [0.29, 0.717) is 17.1 Å². The summed E-state index contributed by atoms with van der Waals surface area (Å²) in [5, 5.41) is 22.1. The van der Waals surface area contributed by atoms with Crippen molar-refractivity contribution in [3.8, 4) is 23.5 Å². The number of hydrogen-bond donors (Lipinski definition) is 1. The van der Waals surface area contributed by atoms with Gasteiger partial charge in [0.15, 0.2) is 11.4 Å². The SMILES string of the molecule is N#Cc1c(N)c(-n2c3ccccc3c3ccccc32)c(C#N)n1-c1ccccc1. The Morgan fingerprint density at radius 1 is 0.621 bits per heavy atom. The summed E-state index contributed by atoms with van der Waals surface area (Å²) in [6.45, 7) is 0. The van der Waals surface area contributed by atoms with Crippen molar-refractivity contribution in [2.45, 2.75) is 0 Å². The smallest absolute Gasteiger partial charge is 0.152 e. The second-order valence-corrected chi connectivity index (χ2v) is 6.72. The molecule has 0 aliphatic carbocycles. The molecule has 0 saturated carbocycles. The molecular weight excluding hydrogens is 358 g/mol. The molecule has 0 bridgehead atoms. The predicted molar refractivity (Wildman–Crippen MR) is 114 cm³/mol. The lowest BCUT2D eigenvalue weighted by atomic mass is 10.2. The first-order valence-electron chi connectivity index (χ1n) is 9.14. The van der Waals surface area contributed by atoms with Crippen LogP contribution in [0.4, 0.5) is 5.69 Å². The second-order valence-electron chi connectivity index (χ2n) is 6.72. The van der Waals surface area contributed by atoms with Crippen molar-refractivity contribution >= 4 is 27.5 Å². The first-order chi connectivity index (χ1) is 14.3. The number of rotatable bonds is 2. The number of nitriles is 2. The summed E-state index contributed by atoms with van der Waals surface area (Å²) in [6.07, 6.45) is 0. The Hall–Kier alpha value is -4.48. The Morgan fingerprint density at radius 3 is 1.69 bits per heavy atom. The lowest BCUT2D eigenvalue weighted by Crippen LogP contribution is -2.02. The normalized spacial score (nSPS) is 10.8. The first-order valence-corrected chi connectivity index (χ1v) is 9.14. The van der Waals surface area contributed by atoms with Gasteiger partial charge in [-0.25, -0.2) is 0 Å². The fourth-order valence-electron chi connectivity index (χ4n) is 4.02. The predicted octanol–water partition coefficient (Wildman–Crippen LogP) is 4.90. The molecule has 3 aromatic carbocycles. The number of nitrogens with two attached hydrogens (primary N) is 1. The third kappa shape index (κ3) is 2.25. The van der Waals surface area contributed by atoms with Gasteiger partial charge in [0.2, 0.25) is 0 Å². The minimum atomic E-state index is 0.254. The van der Waals surface area contributed by atoms with E-state index in [1.165, 1.54) is 0 Å². The van der Waals surface area contributed by atoms with Crippen molar-refractivity contribution in [3.63, 3.8) is 0 Å². The summed E-state index contributed by atoms with van der Waals surface area (Å²) in [5.41, 5.74) is 10.5. The number of benzene rings is 3. The van der Waals surface area contributed by atoms with E-state index in [0.717, 1.165) is 27.5 Å². The largest absolute Gasteiger partial charge is 0.395 e. The Bertz CT molecular complexity index is 1420. The van der Waals surface area contributed by atoms with Crippen LogP contribution in [0.3, 0.4) is 0 Å². The maximum absolute atomic E-state index is 10.1. The summed E-state index contributed by atoms with van der Waals surface area (Å²) in [5.74, 6) is 0. The average molecular weight is 373 g/mol. The third-order valence-corrected chi connectivity index (χ3v) is 5.21. The molecule has 0 radical (unpaired) electrons. The lowest BCUT2D eigenvalue weighted by Gasteiger charge is -2.09. The molecule has 29 heavy (non-hydrogen) atoms. The van der Waals surface area contributed by atoms with Crippen LogP contribution in [-0.2, 0) is 0 Å². The second kappa shape index (κ2) is 6.30. The molecule has 5 aromatic rings. The van der Waals surface area contributed by atoms with Gasteiger partial charge in [-0.2, -0.15) is 10.5 Å². The van der Waals surface area contributed by atoms with Gasteiger partial charge in [0.25, 0.3) is 0 Å². The van der Waals surface area contributed by atoms with Crippen LogP contribution in [0.25, 0.3) is 33.2 Å². The molecule has 0 atom stereocenters. The van der Waals surface area contributed by atoms with Gasteiger partial charge in [-0.15, -0.1) is 0 Å². The summed E-state index contributed by atoms with van der Waals surface area (Å²) < 4.78 is 3.62. The molecular formula is C24H15N5. The van der Waals surface area contributed by atoms with Crippen molar-refractivity contribution in [1.82, 2.24) is 9.13 Å². The molecule has 0 unspecified atom stereocenters. The van der Waals surface area contributed by atoms with Crippen LogP contribution in [0.5, 0.6) is 0 Å². The van der Waals surface area contributed by atoms with Gasteiger partial charge in [-0.05, 0) is 24.3 Å². The minimum absolute atomic E-state index is 0.254. The maximum atomic E-state index is 10.1. The summed E-state index contributed by atoms with van der Waals surface area (Å²) in [6, 6.07) is 29.8. The van der Waals surface area contributed by atoms with Crippen molar-refractivity contribution in [1.29, 1.82) is 10.5 Å². The van der Waals surface area contributed by atoms with E-state index in [1.807, 2.05) is 71.3 Å². The van der Waals surface area contributed by atoms with Crippen molar-refractivity contribution < 1.29 is 0 Å². The van der Waals surface area contributed by atoms with E-state index in [-0.39, 0.29) is 5.69 Å². The minimum Gasteiger partial charge on any atom is -0.395 e. The van der Waals surface area contributed by atoms with Crippen molar-refractivity contribution in [3.05, 3.63) is 90.3 Å². The molecule has 0 amide bonds. The van der Waals surface area contributed by atoms with E-state index in [9.17, 15) is 10.5 Å². The molecule has 5 rings (SSSR count). The number of anilines is 1. The van der Waals surface area contributed by atoms with Gasteiger partial charge < -0.3 is 10.3 Å². The van der Waals surface area contributed by atoms with Crippen LogP contribution < -0.4 is 5.73 Å². The average Bonchev–Trinajstić information content (AvgIpc) is 3.25. The van der Waals surface area contributed by atoms with Crippen molar-refractivity contribution in [2.24, 2.45) is 0 Å². The van der Waals surface area contributed by atoms with Crippen LogP contribution in [0.1, 0.15) is 11.4 Å². The maximum Gasteiger partial charge on any atom is 0.152 e. The van der Waals surface area contributed by atoms with Crippen LogP contribution in [0, 0.1) is 22.7 Å². The molecule has 2 heterocycles. The van der Waals surface area contributed by atoms with E-state index in [4.69, 9.17) is 5.73 Å². The standard InChI is InChI=1S/C24H15N5/c25-14-21-23(27)24(22(15-26)28(21)16-8-2-1-3-9-16)29-19-12-6-4-10-17(19)18-11-5-7-13-20(18)29/h1-13H,27H2. The van der Waals surface area contributed by atoms with E-state index >= 15 is 0 Å². The van der Waals surface area contributed by atoms with Crippen LogP contribution >= 0.6 is 0 Å². The number of fused-ring (bicyclic) bond motifs is 3. The first kappa shape index (κ1) is 16.7. The van der Waals surface area contributed by atoms with Gasteiger partial charge in [-0.1, -0.05) is 54.6 Å². The number of hydrogen-bond acceptors (Lipinski definition) is 3. The highest BCUT2D eigenvalue weighted by Gasteiger charge is 2.26. The van der Waals surface area contributed by atoms with Crippen LogP contribution in [0.2, 0.25) is 0 Å². The quantitative estimate of drug-likeness (QED) is 0.478. The third-order valence-electron chi connectivity index (χ3n) is 5.21. The Morgan fingerprint density at radius 2 is 1.14 bits per heavy atom. The molecule has 2 aromatic heterocycles. The zero-order valence-electron chi connectivity index (χ0n) is 15.4. The monoisotopic (exact) mass is 373 g/mol. The fourth-order valence-corrected chi connectivity index (χ4v) is 4.02. The highest BCUT2D eigenvalue weighted by molar-refractivity contribution is 6.10. The number of nitrogens with zero attached hydrogens (tertiary/aromatic N) is 4. The molecule has 5 nitrogen and oxygen atoms in total. The van der Waals surface area contributed by atoms with Crippen LogP contribution in [0.15, 0.2) is 78.9 Å². The topological polar surface area (TPSA) is 83.5 Å². The van der Waals surface area contributed by atoms with Gasteiger partial charge in [0.1, 0.15) is 17.8 Å². The van der Waals surface area contributed by atoms with E-state index in [2.05, 4.69) is 24.3 Å². The van der Waals surface area contributed by atoms with Gasteiger partial charge in [0, 0.05) is 16.5 Å². The molecule has 0 aliphatic heterocycles. The highest BCUT2D eigenvalue weighted by atomic mass is 15.1. The molecule has 0 aliphatic rings. The molecule has 0 saturated heterocycles. The van der Waals surface area contributed by atoms with Gasteiger partial charge in [0.05, 0.1) is 16.7 Å². The Balaban J connectivity index is 1.98. The Labute approximate surface area is 167 Å². The van der Waals surface area contributed by atoms with Crippen molar-refractivity contribution in [2.75, 3.05) is 5.73 Å².